The quantitative estimate of drug-likeness (QED) is 0.197. The van der Waals surface area contributed by atoms with Gasteiger partial charge in [-0.1, -0.05) is 146 Å². The second-order valence-electron chi connectivity index (χ2n) is 12.1. The van der Waals surface area contributed by atoms with Crippen LogP contribution in [0.3, 0.4) is 0 Å². The van der Waals surface area contributed by atoms with Crippen LogP contribution in [-0.4, -0.2) is 6.04 Å². The first kappa shape index (κ1) is 26.5. The Kier molecular flexibility index (Phi) is 6.31. The van der Waals surface area contributed by atoms with Gasteiger partial charge < -0.3 is 9.80 Å². The molecule has 2 aliphatic rings. The molecule has 7 aromatic carbocycles. The van der Waals surface area contributed by atoms with Crippen molar-refractivity contribution in [3.63, 3.8) is 0 Å². The largest absolute Gasteiger partial charge is 0.333 e. The molecule has 7 aromatic rings. The van der Waals surface area contributed by atoms with E-state index < -0.39 is 0 Å². The van der Waals surface area contributed by atoms with E-state index >= 15 is 0 Å². The Morgan fingerprint density at radius 3 is 2.02 bits per heavy atom. The molecule has 46 heavy (non-hydrogen) atoms. The molecular weight excluding hydrogens is 556 g/mol. The highest BCUT2D eigenvalue weighted by Crippen LogP contribution is 2.54. The molecule has 0 N–H and O–H groups in total. The van der Waals surface area contributed by atoms with Gasteiger partial charge in [-0.25, -0.2) is 0 Å². The number of allylic oxidation sites excluding steroid dienone is 2. The summed E-state index contributed by atoms with van der Waals surface area (Å²) < 4.78 is 0. The van der Waals surface area contributed by atoms with E-state index in [1.165, 1.54) is 55.3 Å². The fourth-order valence-corrected chi connectivity index (χ4v) is 7.49. The average Bonchev–Trinajstić information content (AvgIpc) is 3.47. The van der Waals surface area contributed by atoms with Gasteiger partial charge in [-0.3, -0.25) is 0 Å². The van der Waals surface area contributed by atoms with Crippen LogP contribution in [0.5, 0.6) is 0 Å². The van der Waals surface area contributed by atoms with Crippen molar-refractivity contribution in [1.29, 1.82) is 0 Å². The summed E-state index contributed by atoms with van der Waals surface area (Å²) in [4.78, 5) is 5.03. The van der Waals surface area contributed by atoms with Crippen molar-refractivity contribution in [1.82, 2.24) is 0 Å². The molecule has 0 spiro atoms. The average molecular weight is 589 g/mol. The molecule has 0 aromatic heterocycles. The third-order valence-electron chi connectivity index (χ3n) is 9.52. The summed E-state index contributed by atoms with van der Waals surface area (Å²) in [7, 11) is 0. The number of fused-ring (bicyclic) bond motifs is 6. The second-order valence-corrected chi connectivity index (χ2v) is 12.1. The van der Waals surface area contributed by atoms with Crippen LogP contribution in [0.2, 0.25) is 0 Å². The first-order chi connectivity index (χ1) is 22.8. The summed E-state index contributed by atoms with van der Waals surface area (Å²) in [5.74, 6) is 0.233. The number of benzene rings is 7. The normalized spacial score (nSPS) is 16.5. The molecule has 1 heterocycles. The van der Waals surface area contributed by atoms with E-state index in [9.17, 15) is 0 Å². The summed E-state index contributed by atoms with van der Waals surface area (Å²) in [6.07, 6.45) is 9.17. The minimum Gasteiger partial charge on any atom is -0.333 e. The maximum atomic E-state index is 2.57. The van der Waals surface area contributed by atoms with Crippen molar-refractivity contribution in [2.75, 3.05) is 9.80 Å². The summed E-state index contributed by atoms with van der Waals surface area (Å²) >= 11 is 0. The lowest BCUT2D eigenvalue weighted by Gasteiger charge is -2.31. The topological polar surface area (TPSA) is 6.48 Å². The molecule has 0 amide bonds. The van der Waals surface area contributed by atoms with Crippen LogP contribution in [0.4, 0.5) is 28.4 Å². The Morgan fingerprint density at radius 2 is 1.17 bits per heavy atom. The van der Waals surface area contributed by atoms with Gasteiger partial charge >= 0.3 is 0 Å². The minimum absolute atomic E-state index is 0.196. The third kappa shape index (κ3) is 4.26. The third-order valence-corrected chi connectivity index (χ3v) is 9.52. The molecule has 2 atom stereocenters. The van der Waals surface area contributed by atoms with Crippen LogP contribution in [0.25, 0.3) is 32.7 Å². The predicted octanol–water partition coefficient (Wildman–Crippen LogP) is 11.9. The molecule has 0 radical (unpaired) electrons. The van der Waals surface area contributed by atoms with Gasteiger partial charge in [0.15, 0.2) is 0 Å². The molecule has 1 aliphatic heterocycles. The Bertz CT molecular complexity index is 2280. The van der Waals surface area contributed by atoms with Crippen molar-refractivity contribution in [2.45, 2.75) is 12.0 Å². The van der Waals surface area contributed by atoms with E-state index in [0.717, 1.165) is 11.4 Å². The predicted molar refractivity (Wildman–Crippen MR) is 195 cm³/mol. The molecule has 0 bridgehead atoms. The van der Waals surface area contributed by atoms with E-state index in [0.29, 0.717) is 0 Å². The van der Waals surface area contributed by atoms with Gasteiger partial charge in [0.05, 0.1) is 23.1 Å². The summed E-state index contributed by atoms with van der Waals surface area (Å²) in [5.41, 5.74) is 9.75. The van der Waals surface area contributed by atoms with Gasteiger partial charge in [-0.2, -0.15) is 0 Å². The van der Waals surface area contributed by atoms with Crippen molar-refractivity contribution >= 4 is 50.0 Å². The number of para-hydroxylation sites is 2. The van der Waals surface area contributed by atoms with Crippen LogP contribution in [0.1, 0.15) is 11.5 Å². The lowest BCUT2D eigenvalue weighted by Crippen LogP contribution is -2.28. The fourth-order valence-electron chi connectivity index (χ4n) is 7.49. The highest BCUT2D eigenvalue weighted by atomic mass is 15.2. The van der Waals surface area contributed by atoms with E-state index in [2.05, 4.69) is 192 Å². The molecule has 0 fully saturated rings. The Morgan fingerprint density at radius 1 is 0.500 bits per heavy atom. The SMILES string of the molecule is C1=CC2c3cc(N(c4ccccc4)c4ccccc4-c4ccccc4)c4ccccc4c3N(c3ccc4ccccc4c3)C2C=C1. The molecule has 2 heteroatoms. The summed E-state index contributed by atoms with van der Waals surface area (Å²) in [5, 5.41) is 5.01. The van der Waals surface area contributed by atoms with E-state index in [1.54, 1.807) is 0 Å². The standard InChI is InChI=1S/C44H32N2/c1-3-16-32(17-4-1)36-21-11-13-25-41(36)45(34-19-5-2-6-20-34)43-30-40-38-23-12-14-26-42(38)46(44(40)39-24-10-9-22-37(39)43)35-28-27-31-15-7-8-18-33(31)29-35/h1-30,38,42H. The number of hydrogen-bond acceptors (Lipinski definition) is 2. The number of hydrogen-bond donors (Lipinski definition) is 0. The van der Waals surface area contributed by atoms with Crippen molar-refractivity contribution in [3.8, 4) is 11.1 Å². The Labute approximate surface area is 269 Å². The molecule has 1 aliphatic carbocycles. The zero-order valence-electron chi connectivity index (χ0n) is 25.4. The van der Waals surface area contributed by atoms with Crippen LogP contribution in [0.15, 0.2) is 182 Å². The van der Waals surface area contributed by atoms with Gasteiger partial charge in [0, 0.05) is 33.6 Å². The molecule has 218 valence electrons. The first-order valence-corrected chi connectivity index (χ1v) is 16.0. The second kappa shape index (κ2) is 10.9. The lowest BCUT2D eigenvalue weighted by molar-refractivity contribution is 0.745. The van der Waals surface area contributed by atoms with Gasteiger partial charge in [-0.15, -0.1) is 0 Å². The monoisotopic (exact) mass is 588 g/mol. The smallest absolute Gasteiger partial charge is 0.0629 e. The maximum Gasteiger partial charge on any atom is 0.0629 e. The molecule has 2 nitrogen and oxygen atoms in total. The molecular formula is C44H32N2. The van der Waals surface area contributed by atoms with Gasteiger partial charge in [0.2, 0.25) is 0 Å². The highest BCUT2D eigenvalue weighted by Gasteiger charge is 2.40. The van der Waals surface area contributed by atoms with Crippen LogP contribution in [-0.2, 0) is 0 Å². The van der Waals surface area contributed by atoms with Crippen LogP contribution < -0.4 is 9.80 Å². The van der Waals surface area contributed by atoms with Crippen LogP contribution >= 0.6 is 0 Å². The van der Waals surface area contributed by atoms with E-state index in [-0.39, 0.29) is 12.0 Å². The van der Waals surface area contributed by atoms with E-state index in [4.69, 9.17) is 0 Å². The summed E-state index contributed by atoms with van der Waals surface area (Å²) in [6.45, 7) is 0. The van der Waals surface area contributed by atoms with Crippen molar-refractivity contribution < 1.29 is 0 Å². The zero-order chi connectivity index (χ0) is 30.5. The molecule has 2 unspecified atom stereocenters. The highest BCUT2D eigenvalue weighted by molar-refractivity contribution is 6.10. The maximum absolute atomic E-state index is 2.57. The molecule has 0 saturated carbocycles. The Balaban J connectivity index is 1.32. The van der Waals surface area contributed by atoms with Gasteiger partial charge in [0.25, 0.3) is 0 Å². The minimum atomic E-state index is 0.196. The molecule has 0 saturated heterocycles. The molecule has 9 rings (SSSR count). The van der Waals surface area contributed by atoms with Crippen molar-refractivity contribution in [3.05, 3.63) is 188 Å². The number of nitrogens with zero attached hydrogens (tertiary/aromatic N) is 2. The first-order valence-electron chi connectivity index (χ1n) is 16.0. The van der Waals surface area contributed by atoms with Gasteiger partial charge in [0.1, 0.15) is 0 Å². The summed E-state index contributed by atoms with van der Waals surface area (Å²) in [6, 6.07) is 57.5. The van der Waals surface area contributed by atoms with Gasteiger partial charge in [-0.05, 0) is 58.3 Å². The van der Waals surface area contributed by atoms with Crippen molar-refractivity contribution in [2.24, 2.45) is 0 Å². The lowest BCUT2D eigenvalue weighted by atomic mass is 9.89. The van der Waals surface area contributed by atoms with E-state index in [1.807, 2.05) is 0 Å². The fraction of sp³-hybridized carbons (Fsp3) is 0.0455. The zero-order valence-corrected chi connectivity index (χ0v) is 25.4. The number of anilines is 5. The van der Waals surface area contributed by atoms with Crippen LogP contribution in [0, 0.1) is 0 Å². The number of rotatable bonds is 5. The Hall–Kier alpha value is -5.86.